The maximum Gasteiger partial charge on any atom is 0.239 e. The summed E-state index contributed by atoms with van der Waals surface area (Å²) in [6, 6.07) is -0.324. The van der Waals surface area contributed by atoms with Crippen molar-refractivity contribution in [2.24, 2.45) is 17.6 Å². The summed E-state index contributed by atoms with van der Waals surface area (Å²) in [4.78, 5) is 13.7. The second kappa shape index (κ2) is 3.89. The average Bonchev–Trinajstić information content (AvgIpc) is 2.59. The number of nitrogens with zero attached hydrogens (tertiary/aromatic N) is 1. The third-order valence-electron chi connectivity index (χ3n) is 3.68. The van der Waals surface area contributed by atoms with E-state index in [1.165, 1.54) is 25.7 Å². The molecule has 0 spiro atoms. The van der Waals surface area contributed by atoms with Gasteiger partial charge in [0.15, 0.2) is 0 Å². The highest BCUT2D eigenvalue weighted by molar-refractivity contribution is 5.81. The number of amides is 1. The molecule has 0 bridgehead atoms. The molecule has 2 fully saturated rings. The maximum atomic E-state index is 11.7. The standard InChI is InChI=1S/C11H20N2O/c1-8(12)11(14)13-6-9-4-2-3-5-10(9)7-13/h8-10H,2-7,12H2,1H3/t8?,9-,10+. The van der Waals surface area contributed by atoms with Crippen molar-refractivity contribution in [3.05, 3.63) is 0 Å². The monoisotopic (exact) mass is 196 g/mol. The van der Waals surface area contributed by atoms with Gasteiger partial charge in [-0.1, -0.05) is 12.8 Å². The highest BCUT2D eigenvalue weighted by atomic mass is 16.2. The van der Waals surface area contributed by atoms with E-state index < -0.39 is 0 Å². The average molecular weight is 196 g/mol. The van der Waals surface area contributed by atoms with E-state index in [2.05, 4.69) is 0 Å². The van der Waals surface area contributed by atoms with Gasteiger partial charge in [-0.25, -0.2) is 0 Å². The molecular formula is C11H20N2O. The Bertz CT molecular complexity index is 213. The van der Waals surface area contributed by atoms with Crippen molar-refractivity contribution in [2.75, 3.05) is 13.1 Å². The van der Waals surface area contributed by atoms with Crippen LogP contribution in [0.15, 0.2) is 0 Å². The van der Waals surface area contributed by atoms with Crippen molar-refractivity contribution in [1.29, 1.82) is 0 Å². The molecule has 1 aliphatic carbocycles. The number of likely N-dealkylation sites (tertiary alicyclic amines) is 1. The van der Waals surface area contributed by atoms with Crippen LogP contribution in [-0.2, 0) is 4.79 Å². The first kappa shape index (κ1) is 9.97. The van der Waals surface area contributed by atoms with Crippen LogP contribution < -0.4 is 5.73 Å². The first-order chi connectivity index (χ1) is 6.68. The number of carbonyl (C=O) groups is 1. The van der Waals surface area contributed by atoms with Gasteiger partial charge in [0, 0.05) is 13.1 Å². The summed E-state index contributed by atoms with van der Waals surface area (Å²) in [5.74, 6) is 1.68. The highest BCUT2D eigenvalue weighted by Gasteiger charge is 2.36. The van der Waals surface area contributed by atoms with Crippen molar-refractivity contribution >= 4 is 5.91 Å². The highest BCUT2D eigenvalue weighted by Crippen LogP contribution is 2.35. The van der Waals surface area contributed by atoms with Gasteiger partial charge in [-0.3, -0.25) is 4.79 Å². The molecule has 2 N–H and O–H groups in total. The molecule has 0 aromatic carbocycles. The summed E-state index contributed by atoms with van der Waals surface area (Å²) in [5, 5.41) is 0. The minimum absolute atomic E-state index is 0.138. The molecule has 1 aliphatic heterocycles. The van der Waals surface area contributed by atoms with E-state index in [1.807, 2.05) is 4.90 Å². The van der Waals surface area contributed by atoms with E-state index in [1.54, 1.807) is 6.92 Å². The quantitative estimate of drug-likeness (QED) is 0.679. The lowest BCUT2D eigenvalue weighted by molar-refractivity contribution is -0.131. The van der Waals surface area contributed by atoms with Crippen molar-refractivity contribution in [2.45, 2.75) is 38.6 Å². The summed E-state index contributed by atoms with van der Waals surface area (Å²) in [6.45, 7) is 3.71. The summed E-state index contributed by atoms with van der Waals surface area (Å²) in [7, 11) is 0. The zero-order chi connectivity index (χ0) is 10.1. The van der Waals surface area contributed by atoms with Crippen LogP contribution in [0.1, 0.15) is 32.6 Å². The molecule has 0 aromatic heterocycles. The van der Waals surface area contributed by atoms with E-state index in [0.717, 1.165) is 24.9 Å². The lowest BCUT2D eigenvalue weighted by Gasteiger charge is -2.22. The summed E-state index contributed by atoms with van der Waals surface area (Å²) in [6.07, 6.45) is 5.32. The van der Waals surface area contributed by atoms with Gasteiger partial charge in [-0.15, -0.1) is 0 Å². The van der Waals surface area contributed by atoms with Crippen molar-refractivity contribution in [1.82, 2.24) is 4.90 Å². The minimum atomic E-state index is -0.324. The van der Waals surface area contributed by atoms with Crippen LogP contribution in [0.4, 0.5) is 0 Å². The molecule has 2 rings (SSSR count). The SMILES string of the molecule is CC(N)C(=O)N1C[C@H]2CCCC[C@H]2C1. The Balaban J connectivity index is 1.95. The number of hydrogen-bond donors (Lipinski definition) is 1. The van der Waals surface area contributed by atoms with E-state index >= 15 is 0 Å². The molecule has 3 atom stereocenters. The number of rotatable bonds is 1. The third kappa shape index (κ3) is 1.78. The number of hydrogen-bond acceptors (Lipinski definition) is 2. The lowest BCUT2D eigenvalue weighted by Crippen LogP contribution is -2.40. The van der Waals surface area contributed by atoms with Gasteiger partial charge in [0.05, 0.1) is 6.04 Å². The fourth-order valence-electron chi connectivity index (χ4n) is 2.87. The Morgan fingerprint density at radius 2 is 1.79 bits per heavy atom. The van der Waals surface area contributed by atoms with Crippen molar-refractivity contribution < 1.29 is 4.79 Å². The van der Waals surface area contributed by atoms with Crippen LogP contribution in [-0.4, -0.2) is 29.9 Å². The van der Waals surface area contributed by atoms with Crippen LogP contribution in [0, 0.1) is 11.8 Å². The number of fused-ring (bicyclic) bond motifs is 1. The van der Waals surface area contributed by atoms with Gasteiger partial charge in [0.25, 0.3) is 0 Å². The maximum absolute atomic E-state index is 11.7. The van der Waals surface area contributed by atoms with Gasteiger partial charge in [0.1, 0.15) is 0 Å². The second-order valence-corrected chi connectivity index (χ2v) is 4.84. The van der Waals surface area contributed by atoms with Crippen LogP contribution in [0.2, 0.25) is 0 Å². The van der Waals surface area contributed by atoms with Crippen LogP contribution in [0.5, 0.6) is 0 Å². The first-order valence-electron chi connectivity index (χ1n) is 5.73. The number of nitrogens with two attached hydrogens (primary N) is 1. The van der Waals surface area contributed by atoms with E-state index in [9.17, 15) is 4.79 Å². The Morgan fingerprint density at radius 3 is 2.21 bits per heavy atom. The van der Waals surface area contributed by atoms with Crippen molar-refractivity contribution in [3.63, 3.8) is 0 Å². The second-order valence-electron chi connectivity index (χ2n) is 4.84. The molecule has 1 saturated heterocycles. The minimum Gasteiger partial charge on any atom is -0.341 e. The van der Waals surface area contributed by atoms with Crippen LogP contribution >= 0.6 is 0 Å². The van der Waals surface area contributed by atoms with Gasteiger partial charge in [0.2, 0.25) is 5.91 Å². The molecule has 1 heterocycles. The van der Waals surface area contributed by atoms with Crippen molar-refractivity contribution in [3.8, 4) is 0 Å². The lowest BCUT2D eigenvalue weighted by atomic mass is 9.82. The molecule has 0 aromatic rings. The molecule has 14 heavy (non-hydrogen) atoms. The molecule has 1 saturated carbocycles. The summed E-state index contributed by atoms with van der Waals surface area (Å²) < 4.78 is 0. The summed E-state index contributed by atoms with van der Waals surface area (Å²) in [5.41, 5.74) is 5.61. The molecule has 80 valence electrons. The predicted octanol–water partition coefficient (Wildman–Crippen LogP) is 0.982. The smallest absolute Gasteiger partial charge is 0.239 e. The van der Waals surface area contributed by atoms with Gasteiger partial charge in [-0.05, 0) is 31.6 Å². The van der Waals surface area contributed by atoms with Gasteiger partial charge in [-0.2, -0.15) is 0 Å². The third-order valence-corrected chi connectivity index (χ3v) is 3.68. The van der Waals surface area contributed by atoms with Gasteiger partial charge < -0.3 is 10.6 Å². The molecule has 1 unspecified atom stereocenters. The molecule has 3 heteroatoms. The summed E-state index contributed by atoms with van der Waals surface area (Å²) >= 11 is 0. The first-order valence-corrected chi connectivity index (χ1v) is 5.73. The molecule has 1 amide bonds. The van der Waals surface area contributed by atoms with Crippen LogP contribution in [0.25, 0.3) is 0 Å². The zero-order valence-corrected chi connectivity index (χ0v) is 8.91. The Labute approximate surface area is 85.6 Å². The predicted molar refractivity (Wildman–Crippen MR) is 55.7 cm³/mol. The zero-order valence-electron chi connectivity index (χ0n) is 8.91. The Kier molecular flexibility index (Phi) is 2.77. The fraction of sp³-hybridized carbons (Fsp3) is 0.909. The van der Waals surface area contributed by atoms with Crippen LogP contribution in [0.3, 0.4) is 0 Å². The van der Waals surface area contributed by atoms with E-state index in [4.69, 9.17) is 5.73 Å². The van der Waals surface area contributed by atoms with E-state index in [0.29, 0.717) is 0 Å². The molecule has 0 radical (unpaired) electrons. The van der Waals surface area contributed by atoms with E-state index in [-0.39, 0.29) is 11.9 Å². The number of carbonyl (C=O) groups excluding carboxylic acids is 1. The fourth-order valence-corrected chi connectivity index (χ4v) is 2.87. The largest absolute Gasteiger partial charge is 0.341 e. The molecule has 2 aliphatic rings. The topological polar surface area (TPSA) is 46.3 Å². The Hall–Kier alpha value is -0.570. The molecular weight excluding hydrogens is 176 g/mol. The Morgan fingerprint density at radius 1 is 1.29 bits per heavy atom. The molecule has 3 nitrogen and oxygen atoms in total. The van der Waals surface area contributed by atoms with Gasteiger partial charge >= 0.3 is 0 Å². The normalized spacial score (nSPS) is 34.0.